The van der Waals surface area contributed by atoms with Crippen LogP contribution in [0.5, 0.6) is 11.5 Å². The number of carbonyl (C=O) groups excluding carboxylic acids is 1. The van der Waals surface area contributed by atoms with Gasteiger partial charge in [0.2, 0.25) is 0 Å². The summed E-state index contributed by atoms with van der Waals surface area (Å²) in [6, 6.07) is 15.2. The molecule has 1 saturated heterocycles. The first kappa shape index (κ1) is 21.3. The monoisotopic (exact) mass is 397 g/mol. The molecule has 1 N–H and O–H groups in total. The molecular formula is C24H31NO4. The minimum Gasteiger partial charge on any atom is -0.497 e. The van der Waals surface area contributed by atoms with Crippen LogP contribution in [0.1, 0.15) is 41.6 Å². The first-order valence-electron chi connectivity index (χ1n) is 10.4. The lowest BCUT2D eigenvalue weighted by Gasteiger charge is -2.28. The largest absolute Gasteiger partial charge is 0.497 e. The van der Waals surface area contributed by atoms with Crippen molar-refractivity contribution in [1.82, 2.24) is 4.90 Å². The van der Waals surface area contributed by atoms with E-state index in [-0.39, 0.29) is 12.4 Å². The van der Waals surface area contributed by atoms with Crippen molar-refractivity contribution >= 4 is 5.78 Å². The van der Waals surface area contributed by atoms with Crippen molar-refractivity contribution in [3.8, 4) is 11.5 Å². The van der Waals surface area contributed by atoms with Gasteiger partial charge in [-0.25, -0.2) is 0 Å². The number of ketones is 1. The molecule has 0 spiro atoms. The van der Waals surface area contributed by atoms with Gasteiger partial charge in [0.25, 0.3) is 0 Å². The van der Waals surface area contributed by atoms with Gasteiger partial charge < -0.3 is 19.5 Å². The Morgan fingerprint density at radius 2 is 1.86 bits per heavy atom. The first-order chi connectivity index (χ1) is 14.2. The van der Waals surface area contributed by atoms with Crippen LogP contribution in [0.3, 0.4) is 0 Å². The maximum atomic E-state index is 12.8. The van der Waals surface area contributed by atoms with Crippen molar-refractivity contribution < 1.29 is 19.4 Å². The minimum absolute atomic E-state index is 0.0250. The fourth-order valence-corrected chi connectivity index (χ4v) is 3.70. The van der Waals surface area contributed by atoms with Gasteiger partial charge in [0.15, 0.2) is 5.78 Å². The number of aryl methyl sites for hydroxylation is 1. The molecule has 2 aromatic carbocycles. The Morgan fingerprint density at radius 1 is 1.10 bits per heavy atom. The maximum Gasteiger partial charge on any atom is 0.166 e. The topological polar surface area (TPSA) is 59.0 Å². The second-order valence-corrected chi connectivity index (χ2v) is 7.60. The van der Waals surface area contributed by atoms with Crippen LogP contribution in [0, 0.1) is 0 Å². The maximum absolute atomic E-state index is 12.8. The number of nitrogens with zero attached hydrogens (tertiary/aromatic N) is 1. The Morgan fingerprint density at radius 3 is 2.59 bits per heavy atom. The quantitative estimate of drug-likeness (QED) is 0.619. The summed E-state index contributed by atoms with van der Waals surface area (Å²) in [5.41, 5.74) is 1.67. The van der Waals surface area contributed by atoms with Crippen molar-refractivity contribution in [1.29, 1.82) is 0 Å². The number of rotatable bonds is 10. The number of hydrogen-bond donors (Lipinski definition) is 1. The lowest BCUT2D eigenvalue weighted by atomic mass is 10.0. The van der Waals surface area contributed by atoms with Crippen molar-refractivity contribution in [2.45, 2.75) is 38.2 Å². The molecule has 29 heavy (non-hydrogen) atoms. The summed E-state index contributed by atoms with van der Waals surface area (Å²) in [6.07, 6.45) is 4.13. The number of likely N-dealkylation sites (tertiary alicyclic amines) is 1. The van der Waals surface area contributed by atoms with Crippen molar-refractivity contribution in [2.75, 3.05) is 33.4 Å². The standard InChI is InChI=1S/C24H31NO4/c1-28-21-11-12-22(23(27)13-10-19-8-4-2-5-9-19)24(16-21)29-18-20(26)17-25-14-6-3-7-15-25/h2,4-5,8-9,11-12,16,20,26H,3,6-7,10,13-15,17-18H2,1H3/t20-/m1/s1. The number of Topliss-reactive ketones (excluding diaryl/α,β-unsaturated/α-hetero) is 1. The zero-order valence-electron chi connectivity index (χ0n) is 17.2. The molecule has 1 aliphatic rings. The van der Waals surface area contributed by atoms with E-state index in [4.69, 9.17) is 9.47 Å². The molecule has 3 rings (SSSR count). The van der Waals surface area contributed by atoms with Gasteiger partial charge in [-0.1, -0.05) is 36.8 Å². The Labute approximate surface area is 173 Å². The smallest absolute Gasteiger partial charge is 0.166 e. The van der Waals surface area contributed by atoms with Gasteiger partial charge in [-0.2, -0.15) is 0 Å². The number of ether oxygens (including phenoxy) is 2. The summed E-state index contributed by atoms with van der Waals surface area (Å²) in [7, 11) is 1.58. The Hall–Kier alpha value is -2.37. The van der Waals surface area contributed by atoms with Crippen molar-refractivity contribution in [2.24, 2.45) is 0 Å². The normalized spacial score (nSPS) is 15.7. The fourth-order valence-electron chi connectivity index (χ4n) is 3.70. The minimum atomic E-state index is -0.591. The summed E-state index contributed by atoms with van der Waals surface area (Å²) in [6.45, 7) is 2.81. The van der Waals surface area contributed by atoms with E-state index in [0.717, 1.165) is 18.7 Å². The van der Waals surface area contributed by atoms with Gasteiger partial charge in [-0.3, -0.25) is 4.79 Å². The summed E-state index contributed by atoms with van der Waals surface area (Å²) >= 11 is 0. The van der Waals surface area contributed by atoms with Crippen LogP contribution in [-0.4, -0.2) is 55.2 Å². The molecule has 1 fully saturated rings. The van der Waals surface area contributed by atoms with Crippen LogP contribution in [0.4, 0.5) is 0 Å². The van der Waals surface area contributed by atoms with Gasteiger partial charge in [0.1, 0.15) is 24.2 Å². The van der Waals surface area contributed by atoms with Crippen LogP contribution in [0.2, 0.25) is 0 Å². The highest BCUT2D eigenvalue weighted by atomic mass is 16.5. The number of hydrogen-bond acceptors (Lipinski definition) is 5. The summed E-state index contributed by atoms with van der Waals surface area (Å²) in [5, 5.41) is 10.4. The summed E-state index contributed by atoms with van der Waals surface area (Å²) < 4.78 is 11.2. The second kappa shape index (κ2) is 11.0. The Kier molecular flexibility index (Phi) is 8.08. The van der Waals surface area contributed by atoms with Gasteiger partial charge in [0, 0.05) is 19.0 Å². The van der Waals surface area contributed by atoms with Gasteiger partial charge in [-0.15, -0.1) is 0 Å². The number of piperidine rings is 1. The first-order valence-corrected chi connectivity index (χ1v) is 10.4. The summed E-state index contributed by atoms with van der Waals surface area (Å²) in [4.78, 5) is 15.1. The second-order valence-electron chi connectivity index (χ2n) is 7.60. The number of benzene rings is 2. The summed E-state index contributed by atoms with van der Waals surface area (Å²) in [5.74, 6) is 1.13. The van der Waals surface area contributed by atoms with Crippen LogP contribution >= 0.6 is 0 Å². The van der Waals surface area contributed by atoms with E-state index < -0.39 is 6.10 Å². The molecule has 5 heteroatoms. The molecule has 1 aliphatic heterocycles. The predicted octanol–water partition coefficient (Wildman–Crippen LogP) is 3.74. The highest BCUT2D eigenvalue weighted by molar-refractivity contribution is 5.99. The van der Waals surface area contributed by atoms with E-state index in [9.17, 15) is 9.90 Å². The predicted molar refractivity (Wildman–Crippen MR) is 114 cm³/mol. The Balaban J connectivity index is 1.60. The average Bonchev–Trinajstić information content (AvgIpc) is 2.77. The van der Waals surface area contributed by atoms with Crippen LogP contribution < -0.4 is 9.47 Å². The third kappa shape index (κ3) is 6.58. The van der Waals surface area contributed by atoms with Crippen LogP contribution in [-0.2, 0) is 6.42 Å². The molecule has 0 aliphatic carbocycles. The van der Waals surface area contributed by atoms with Gasteiger partial charge in [0.05, 0.1) is 12.7 Å². The molecule has 1 heterocycles. The molecule has 5 nitrogen and oxygen atoms in total. The lowest BCUT2D eigenvalue weighted by Crippen LogP contribution is -2.38. The third-order valence-electron chi connectivity index (χ3n) is 5.32. The molecule has 0 radical (unpaired) electrons. The van der Waals surface area contributed by atoms with E-state index in [2.05, 4.69) is 4.90 Å². The van der Waals surface area contributed by atoms with E-state index in [1.54, 1.807) is 25.3 Å². The average molecular weight is 398 g/mol. The van der Waals surface area contributed by atoms with Crippen molar-refractivity contribution in [3.63, 3.8) is 0 Å². The Bertz CT molecular complexity index is 772. The van der Waals surface area contributed by atoms with Crippen LogP contribution in [0.25, 0.3) is 0 Å². The molecule has 0 amide bonds. The van der Waals surface area contributed by atoms with Crippen LogP contribution in [0.15, 0.2) is 48.5 Å². The third-order valence-corrected chi connectivity index (χ3v) is 5.32. The highest BCUT2D eigenvalue weighted by Gasteiger charge is 2.18. The lowest BCUT2D eigenvalue weighted by molar-refractivity contribution is 0.0610. The van der Waals surface area contributed by atoms with Gasteiger partial charge in [-0.05, 0) is 50.0 Å². The molecule has 0 unspecified atom stereocenters. The highest BCUT2D eigenvalue weighted by Crippen LogP contribution is 2.27. The molecule has 0 saturated carbocycles. The molecule has 0 aromatic heterocycles. The number of carbonyl (C=O) groups is 1. The van der Waals surface area contributed by atoms with E-state index in [1.165, 1.54) is 19.3 Å². The number of β-amino-alcohol motifs (C(OH)–C–C–N with tert-alkyl or cyclic N) is 1. The molecular weight excluding hydrogens is 366 g/mol. The van der Waals surface area contributed by atoms with Gasteiger partial charge >= 0.3 is 0 Å². The molecule has 1 atom stereocenters. The van der Waals surface area contributed by atoms with E-state index in [0.29, 0.717) is 36.4 Å². The number of aliphatic hydroxyl groups excluding tert-OH is 1. The zero-order chi connectivity index (χ0) is 20.5. The zero-order valence-corrected chi connectivity index (χ0v) is 17.2. The molecule has 156 valence electrons. The van der Waals surface area contributed by atoms with Crippen molar-refractivity contribution in [3.05, 3.63) is 59.7 Å². The molecule has 0 bridgehead atoms. The fraction of sp³-hybridized carbons (Fsp3) is 0.458. The number of methoxy groups -OCH3 is 1. The van der Waals surface area contributed by atoms with E-state index >= 15 is 0 Å². The number of aliphatic hydroxyl groups is 1. The SMILES string of the molecule is COc1ccc(C(=O)CCc2ccccc2)c(OC[C@H](O)CN2CCCCC2)c1. The molecule has 2 aromatic rings. The van der Waals surface area contributed by atoms with E-state index in [1.807, 2.05) is 30.3 Å².